The number of para-hydroxylation sites is 1. The molecular weight excluding hydrogens is 312 g/mol. The SMILES string of the molecule is COC(=O)CNC(=O)COC(=O)/C=C/c1ccc2ccccc2n1. The molecular formula is C17H16N2O5. The zero-order valence-electron chi connectivity index (χ0n) is 13.0. The molecule has 2 aromatic rings. The van der Waals surface area contributed by atoms with Crippen molar-refractivity contribution in [2.24, 2.45) is 0 Å². The van der Waals surface area contributed by atoms with Crippen LogP contribution in [0.25, 0.3) is 17.0 Å². The van der Waals surface area contributed by atoms with Crippen LogP contribution in [0.15, 0.2) is 42.5 Å². The van der Waals surface area contributed by atoms with Crippen LogP contribution in [0.5, 0.6) is 0 Å². The van der Waals surface area contributed by atoms with Crippen molar-refractivity contribution in [1.29, 1.82) is 0 Å². The molecule has 1 heterocycles. The third-order valence-corrected chi connectivity index (χ3v) is 3.01. The van der Waals surface area contributed by atoms with Gasteiger partial charge in [0.25, 0.3) is 5.91 Å². The van der Waals surface area contributed by atoms with Gasteiger partial charge in [0.05, 0.1) is 18.3 Å². The summed E-state index contributed by atoms with van der Waals surface area (Å²) in [5.74, 6) is -1.86. The van der Waals surface area contributed by atoms with Gasteiger partial charge in [-0.2, -0.15) is 0 Å². The second-order valence-electron chi connectivity index (χ2n) is 4.72. The van der Waals surface area contributed by atoms with Crippen LogP contribution in [0.2, 0.25) is 0 Å². The van der Waals surface area contributed by atoms with Gasteiger partial charge in [0.15, 0.2) is 6.61 Å². The van der Waals surface area contributed by atoms with Gasteiger partial charge in [0.2, 0.25) is 0 Å². The van der Waals surface area contributed by atoms with E-state index in [1.54, 1.807) is 6.07 Å². The molecule has 7 heteroatoms. The van der Waals surface area contributed by atoms with Crippen molar-refractivity contribution in [2.75, 3.05) is 20.3 Å². The van der Waals surface area contributed by atoms with Gasteiger partial charge in [-0.3, -0.25) is 9.59 Å². The molecule has 1 amide bonds. The second kappa shape index (κ2) is 8.42. The van der Waals surface area contributed by atoms with E-state index in [4.69, 9.17) is 4.74 Å². The lowest BCUT2D eigenvalue weighted by atomic mass is 10.2. The molecule has 0 radical (unpaired) electrons. The number of nitrogens with zero attached hydrogens (tertiary/aromatic N) is 1. The van der Waals surface area contributed by atoms with Crippen LogP contribution in [0.1, 0.15) is 5.69 Å². The van der Waals surface area contributed by atoms with E-state index in [0.29, 0.717) is 5.69 Å². The highest BCUT2D eigenvalue weighted by Gasteiger charge is 2.07. The van der Waals surface area contributed by atoms with Gasteiger partial charge in [-0.15, -0.1) is 0 Å². The van der Waals surface area contributed by atoms with Crippen molar-refractivity contribution < 1.29 is 23.9 Å². The highest BCUT2D eigenvalue weighted by atomic mass is 16.5. The maximum atomic E-state index is 11.6. The van der Waals surface area contributed by atoms with Gasteiger partial charge in [0, 0.05) is 11.5 Å². The molecule has 0 saturated carbocycles. The Morgan fingerprint density at radius 3 is 2.75 bits per heavy atom. The van der Waals surface area contributed by atoms with Crippen LogP contribution in [0.3, 0.4) is 0 Å². The van der Waals surface area contributed by atoms with Crippen LogP contribution in [0, 0.1) is 0 Å². The lowest BCUT2D eigenvalue weighted by Crippen LogP contribution is -2.33. The summed E-state index contributed by atoms with van der Waals surface area (Å²) in [4.78, 5) is 38.1. The number of fused-ring (bicyclic) bond motifs is 1. The molecule has 0 spiro atoms. The van der Waals surface area contributed by atoms with Crippen LogP contribution >= 0.6 is 0 Å². The number of methoxy groups -OCH3 is 1. The van der Waals surface area contributed by atoms with Gasteiger partial charge in [-0.25, -0.2) is 9.78 Å². The number of hydrogen-bond acceptors (Lipinski definition) is 6. The molecule has 2 rings (SSSR count). The highest BCUT2D eigenvalue weighted by Crippen LogP contribution is 2.12. The van der Waals surface area contributed by atoms with E-state index < -0.39 is 24.5 Å². The van der Waals surface area contributed by atoms with Gasteiger partial charge in [-0.1, -0.05) is 24.3 Å². The summed E-state index contributed by atoms with van der Waals surface area (Å²) >= 11 is 0. The first-order valence-corrected chi connectivity index (χ1v) is 7.12. The normalized spacial score (nSPS) is 10.5. The number of hydrogen-bond donors (Lipinski definition) is 1. The lowest BCUT2D eigenvalue weighted by Gasteiger charge is -2.03. The van der Waals surface area contributed by atoms with E-state index >= 15 is 0 Å². The number of esters is 2. The molecule has 1 N–H and O–H groups in total. The lowest BCUT2D eigenvalue weighted by molar-refractivity contribution is -0.145. The van der Waals surface area contributed by atoms with Crippen LogP contribution in [-0.4, -0.2) is 43.1 Å². The van der Waals surface area contributed by atoms with Crippen molar-refractivity contribution in [3.8, 4) is 0 Å². The number of rotatable bonds is 6. The Morgan fingerprint density at radius 2 is 1.96 bits per heavy atom. The molecule has 0 aliphatic rings. The van der Waals surface area contributed by atoms with E-state index in [0.717, 1.165) is 10.9 Å². The summed E-state index contributed by atoms with van der Waals surface area (Å²) in [5, 5.41) is 3.26. The highest BCUT2D eigenvalue weighted by molar-refractivity contribution is 5.90. The van der Waals surface area contributed by atoms with Crippen molar-refractivity contribution in [1.82, 2.24) is 10.3 Å². The first-order valence-electron chi connectivity index (χ1n) is 7.12. The average molecular weight is 328 g/mol. The number of nitrogens with one attached hydrogen (secondary N) is 1. The van der Waals surface area contributed by atoms with Crippen molar-refractivity contribution in [3.63, 3.8) is 0 Å². The maximum absolute atomic E-state index is 11.6. The topological polar surface area (TPSA) is 94.6 Å². The van der Waals surface area contributed by atoms with Crippen LogP contribution in [-0.2, 0) is 23.9 Å². The minimum atomic E-state index is -0.682. The predicted octanol–water partition coefficient (Wildman–Crippen LogP) is 1.08. The van der Waals surface area contributed by atoms with Crippen LogP contribution in [0.4, 0.5) is 0 Å². The number of carbonyl (C=O) groups excluding carboxylic acids is 3. The Kier molecular flexibility index (Phi) is 6.01. The molecule has 124 valence electrons. The monoisotopic (exact) mass is 328 g/mol. The predicted molar refractivity (Wildman–Crippen MR) is 86.8 cm³/mol. The minimum absolute atomic E-state index is 0.274. The van der Waals surface area contributed by atoms with Gasteiger partial charge >= 0.3 is 11.9 Å². The summed E-state index contributed by atoms with van der Waals surface area (Å²) in [6.07, 6.45) is 2.69. The Balaban J connectivity index is 1.83. The molecule has 1 aromatic carbocycles. The molecule has 0 aliphatic heterocycles. The number of amides is 1. The zero-order chi connectivity index (χ0) is 17.4. The number of carbonyl (C=O) groups is 3. The van der Waals surface area contributed by atoms with Gasteiger partial charge in [0.1, 0.15) is 6.54 Å². The van der Waals surface area contributed by atoms with Gasteiger partial charge < -0.3 is 14.8 Å². The van der Waals surface area contributed by atoms with Crippen molar-refractivity contribution in [2.45, 2.75) is 0 Å². The zero-order valence-corrected chi connectivity index (χ0v) is 13.0. The Morgan fingerprint density at radius 1 is 1.17 bits per heavy atom. The Hall–Kier alpha value is -3.22. The third kappa shape index (κ3) is 5.20. The first kappa shape index (κ1) is 17.1. The van der Waals surface area contributed by atoms with Gasteiger partial charge in [-0.05, 0) is 18.2 Å². The Bertz CT molecular complexity index is 785. The summed E-state index contributed by atoms with van der Waals surface area (Å²) in [5.41, 5.74) is 1.41. The van der Waals surface area contributed by atoms with E-state index in [-0.39, 0.29) is 6.54 Å². The summed E-state index contributed by atoms with van der Waals surface area (Å²) in [6, 6.07) is 11.3. The molecule has 0 bridgehead atoms. The summed E-state index contributed by atoms with van der Waals surface area (Å²) < 4.78 is 9.13. The first-order chi connectivity index (χ1) is 11.6. The molecule has 24 heavy (non-hydrogen) atoms. The molecule has 1 aromatic heterocycles. The fraction of sp³-hybridized carbons (Fsp3) is 0.176. The number of aromatic nitrogens is 1. The standard InChI is InChI=1S/C17H16N2O5/c1-23-17(22)10-18-15(20)11-24-16(21)9-8-13-7-6-12-4-2-3-5-14(12)19-13/h2-9H,10-11H2,1H3,(H,18,20)/b9-8+. The fourth-order valence-electron chi connectivity index (χ4n) is 1.81. The molecule has 7 nitrogen and oxygen atoms in total. The fourth-order valence-corrected chi connectivity index (χ4v) is 1.81. The number of ether oxygens (including phenoxy) is 2. The van der Waals surface area contributed by atoms with E-state index in [1.807, 2.05) is 30.3 Å². The maximum Gasteiger partial charge on any atom is 0.331 e. The summed E-state index contributed by atoms with van der Waals surface area (Å²) in [7, 11) is 1.21. The van der Waals surface area contributed by atoms with E-state index in [2.05, 4.69) is 15.0 Å². The summed E-state index contributed by atoms with van der Waals surface area (Å²) in [6.45, 7) is -0.755. The largest absolute Gasteiger partial charge is 0.468 e. The van der Waals surface area contributed by atoms with Crippen LogP contribution < -0.4 is 5.32 Å². The number of benzene rings is 1. The minimum Gasteiger partial charge on any atom is -0.468 e. The van der Waals surface area contributed by atoms with Crippen molar-refractivity contribution in [3.05, 3.63) is 48.2 Å². The smallest absolute Gasteiger partial charge is 0.331 e. The second-order valence-corrected chi connectivity index (χ2v) is 4.72. The molecule has 0 aliphatic carbocycles. The van der Waals surface area contributed by atoms with Crippen molar-refractivity contribution >= 4 is 34.8 Å². The quantitative estimate of drug-likeness (QED) is 0.630. The number of pyridine rings is 1. The molecule has 0 fully saturated rings. The molecule has 0 unspecified atom stereocenters. The molecule has 0 atom stereocenters. The average Bonchev–Trinajstić information content (AvgIpc) is 2.62. The van der Waals surface area contributed by atoms with E-state index in [1.165, 1.54) is 19.3 Å². The third-order valence-electron chi connectivity index (χ3n) is 3.01. The van der Waals surface area contributed by atoms with E-state index in [9.17, 15) is 14.4 Å². The molecule has 0 saturated heterocycles. The Labute approximate surface area is 138 Å².